The smallest absolute Gasteiger partial charge is 0.302 e. The molecule has 3 fully saturated rings. The number of carbonyl (C=O) groups is 1. The van der Waals surface area contributed by atoms with E-state index in [0.29, 0.717) is 6.61 Å². The Balaban J connectivity index is 1.95. The largest absolute Gasteiger partial charge is 0.465 e. The van der Waals surface area contributed by atoms with Gasteiger partial charge in [0, 0.05) is 12.3 Å². The number of rotatable bonds is 2. The van der Waals surface area contributed by atoms with E-state index in [1.807, 2.05) is 0 Å². The van der Waals surface area contributed by atoms with E-state index in [1.54, 1.807) is 0 Å². The Kier molecular flexibility index (Phi) is 2.30. The lowest BCUT2D eigenvalue weighted by Gasteiger charge is -2.50. The van der Waals surface area contributed by atoms with Crippen LogP contribution in [0.1, 0.15) is 45.4 Å². The van der Waals surface area contributed by atoms with E-state index in [0.717, 1.165) is 38.5 Å². The number of ether oxygens (including phenoxy) is 1. The molecule has 0 aromatic carbocycles. The van der Waals surface area contributed by atoms with Gasteiger partial charge in [-0.2, -0.15) is 0 Å². The molecule has 0 aromatic heterocycles. The lowest BCUT2D eigenvalue weighted by Crippen LogP contribution is -2.47. The molecule has 0 radical (unpaired) electrons. The van der Waals surface area contributed by atoms with Crippen molar-refractivity contribution in [2.24, 2.45) is 5.41 Å². The number of aliphatic hydroxyl groups is 1. The van der Waals surface area contributed by atoms with Crippen LogP contribution >= 0.6 is 0 Å². The number of hydrogen-bond donors (Lipinski definition) is 1. The summed E-state index contributed by atoms with van der Waals surface area (Å²) in [7, 11) is 0. The van der Waals surface area contributed by atoms with Crippen LogP contribution in [0, 0.1) is 5.41 Å². The third-order valence-electron chi connectivity index (χ3n) is 3.94. The van der Waals surface area contributed by atoms with Crippen LogP contribution in [0.25, 0.3) is 0 Å². The molecule has 0 aromatic rings. The number of fused-ring (bicyclic) bond motifs is 3. The molecule has 2 bridgehead atoms. The summed E-state index contributed by atoms with van der Waals surface area (Å²) in [5.74, 6) is -0.189. The van der Waals surface area contributed by atoms with Crippen LogP contribution in [0.15, 0.2) is 0 Å². The predicted molar refractivity (Wildman–Crippen MR) is 51.7 cm³/mol. The van der Waals surface area contributed by atoms with Crippen molar-refractivity contribution in [1.29, 1.82) is 0 Å². The second-order valence-electron chi connectivity index (χ2n) is 5.00. The van der Waals surface area contributed by atoms with Crippen molar-refractivity contribution < 1.29 is 14.6 Å². The second kappa shape index (κ2) is 3.23. The molecule has 3 rings (SSSR count). The van der Waals surface area contributed by atoms with Gasteiger partial charge in [0.25, 0.3) is 0 Å². The Morgan fingerprint density at radius 3 is 2.14 bits per heavy atom. The minimum Gasteiger partial charge on any atom is -0.465 e. The van der Waals surface area contributed by atoms with Gasteiger partial charge >= 0.3 is 5.97 Å². The Morgan fingerprint density at radius 2 is 1.71 bits per heavy atom. The molecule has 1 N–H and O–H groups in total. The third kappa shape index (κ3) is 1.78. The average molecular weight is 198 g/mol. The predicted octanol–water partition coefficient (Wildman–Crippen LogP) is 1.63. The number of hydrogen-bond acceptors (Lipinski definition) is 3. The Hall–Kier alpha value is -0.570. The van der Waals surface area contributed by atoms with Crippen molar-refractivity contribution in [3.8, 4) is 0 Å². The fourth-order valence-electron chi connectivity index (χ4n) is 2.71. The van der Waals surface area contributed by atoms with E-state index in [2.05, 4.69) is 0 Å². The second-order valence-corrected chi connectivity index (χ2v) is 5.00. The van der Waals surface area contributed by atoms with E-state index in [4.69, 9.17) is 4.74 Å². The highest BCUT2D eigenvalue weighted by molar-refractivity contribution is 5.65. The summed E-state index contributed by atoms with van der Waals surface area (Å²) < 4.78 is 5.11. The standard InChI is InChI=1S/C11H18O3/c1-9(12)14-8-10-2-5-11(13,6-3-10)7-4-10/h13H,2-8H2,1H3. The minimum atomic E-state index is -0.391. The van der Waals surface area contributed by atoms with Crippen LogP contribution in [0.3, 0.4) is 0 Å². The maximum Gasteiger partial charge on any atom is 0.302 e. The fourth-order valence-corrected chi connectivity index (χ4v) is 2.71. The molecule has 0 unspecified atom stereocenters. The van der Waals surface area contributed by atoms with Gasteiger partial charge in [0.05, 0.1) is 12.2 Å². The molecule has 0 aliphatic heterocycles. The van der Waals surface area contributed by atoms with E-state index in [-0.39, 0.29) is 11.4 Å². The van der Waals surface area contributed by atoms with Crippen molar-refractivity contribution in [2.75, 3.05) is 6.61 Å². The highest BCUT2D eigenvalue weighted by atomic mass is 16.5. The molecule has 3 nitrogen and oxygen atoms in total. The van der Waals surface area contributed by atoms with Crippen molar-refractivity contribution in [3.05, 3.63) is 0 Å². The highest BCUT2D eigenvalue weighted by Gasteiger charge is 2.48. The van der Waals surface area contributed by atoms with E-state index < -0.39 is 5.60 Å². The molecule has 0 heterocycles. The first-order valence-electron chi connectivity index (χ1n) is 5.40. The molecule has 0 atom stereocenters. The van der Waals surface area contributed by atoms with Crippen LogP contribution in [0.4, 0.5) is 0 Å². The Labute approximate surface area is 84.4 Å². The van der Waals surface area contributed by atoms with Crippen molar-refractivity contribution in [2.45, 2.75) is 51.0 Å². The minimum absolute atomic E-state index is 0.189. The van der Waals surface area contributed by atoms with E-state index >= 15 is 0 Å². The Bertz CT molecular complexity index is 222. The normalized spacial score (nSPS) is 41.0. The van der Waals surface area contributed by atoms with Crippen LogP contribution in [-0.2, 0) is 9.53 Å². The topological polar surface area (TPSA) is 46.5 Å². The van der Waals surface area contributed by atoms with Crippen molar-refractivity contribution in [3.63, 3.8) is 0 Å². The number of esters is 1. The zero-order valence-electron chi connectivity index (χ0n) is 8.71. The van der Waals surface area contributed by atoms with Crippen LogP contribution in [-0.4, -0.2) is 23.3 Å². The lowest BCUT2D eigenvalue weighted by molar-refractivity contribution is -0.153. The maximum absolute atomic E-state index is 10.7. The van der Waals surface area contributed by atoms with Crippen molar-refractivity contribution in [1.82, 2.24) is 0 Å². The summed E-state index contributed by atoms with van der Waals surface area (Å²) >= 11 is 0. The first-order chi connectivity index (χ1) is 6.54. The molecule has 3 aliphatic rings. The van der Waals surface area contributed by atoms with Gasteiger partial charge in [-0.3, -0.25) is 4.79 Å². The van der Waals surface area contributed by atoms with Gasteiger partial charge in [-0.15, -0.1) is 0 Å². The summed E-state index contributed by atoms with van der Waals surface area (Å²) in [5, 5.41) is 10.0. The first kappa shape index (κ1) is 9.97. The molecule has 0 spiro atoms. The quantitative estimate of drug-likeness (QED) is 0.686. The summed E-state index contributed by atoms with van der Waals surface area (Å²) in [6, 6.07) is 0. The average Bonchev–Trinajstić information content (AvgIpc) is 2.17. The molecule has 3 saturated carbocycles. The fraction of sp³-hybridized carbons (Fsp3) is 0.909. The van der Waals surface area contributed by atoms with Gasteiger partial charge in [-0.25, -0.2) is 0 Å². The van der Waals surface area contributed by atoms with Crippen molar-refractivity contribution >= 4 is 5.97 Å². The van der Waals surface area contributed by atoms with Crippen LogP contribution in [0.5, 0.6) is 0 Å². The summed E-state index contributed by atoms with van der Waals surface area (Å²) in [5.41, 5.74) is -0.200. The molecule has 80 valence electrons. The van der Waals surface area contributed by atoms with Gasteiger partial charge in [-0.05, 0) is 38.5 Å². The van der Waals surface area contributed by atoms with Crippen LogP contribution < -0.4 is 0 Å². The molecular weight excluding hydrogens is 180 g/mol. The molecule has 14 heavy (non-hydrogen) atoms. The highest BCUT2D eigenvalue weighted by Crippen LogP contribution is 2.52. The van der Waals surface area contributed by atoms with Crippen LogP contribution in [0.2, 0.25) is 0 Å². The summed E-state index contributed by atoms with van der Waals surface area (Å²) in [6.45, 7) is 2.01. The third-order valence-corrected chi connectivity index (χ3v) is 3.94. The van der Waals surface area contributed by atoms with Gasteiger partial charge < -0.3 is 9.84 Å². The van der Waals surface area contributed by atoms with Gasteiger partial charge in [0.1, 0.15) is 0 Å². The summed E-state index contributed by atoms with van der Waals surface area (Å²) in [4.78, 5) is 10.7. The maximum atomic E-state index is 10.7. The lowest BCUT2D eigenvalue weighted by atomic mass is 9.59. The molecule has 0 saturated heterocycles. The molecule has 3 aliphatic carbocycles. The van der Waals surface area contributed by atoms with Gasteiger partial charge in [0.15, 0.2) is 0 Å². The number of carbonyl (C=O) groups excluding carboxylic acids is 1. The van der Waals surface area contributed by atoms with Gasteiger partial charge in [0.2, 0.25) is 0 Å². The zero-order valence-corrected chi connectivity index (χ0v) is 8.71. The monoisotopic (exact) mass is 198 g/mol. The SMILES string of the molecule is CC(=O)OCC12CCC(O)(CC1)CC2. The zero-order chi connectivity index (χ0) is 10.2. The summed E-state index contributed by atoms with van der Waals surface area (Å²) in [6.07, 6.45) is 5.68. The Morgan fingerprint density at radius 1 is 1.21 bits per heavy atom. The molecular formula is C11H18O3. The van der Waals surface area contributed by atoms with Gasteiger partial charge in [-0.1, -0.05) is 0 Å². The van der Waals surface area contributed by atoms with E-state index in [1.165, 1.54) is 6.92 Å². The first-order valence-corrected chi connectivity index (χ1v) is 5.40. The van der Waals surface area contributed by atoms with E-state index in [9.17, 15) is 9.90 Å². The molecule has 3 heteroatoms. The molecule has 0 amide bonds.